The number of amides is 1. The van der Waals surface area contributed by atoms with E-state index in [-0.39, 0.29) is 44.0 Å². The van der Waals surface area contributed by atoms with Crippen LogP contribution in [-0.2, 0) is 9.59 Å². The molecular weight excluding hydrogens is 393 g/mol. The maximum atomic E-state index is 12.7. The van der Waals surface area contributed by atoms with E-state index in [1.807, 2.05) is 20.8 Å². The van der Waals surface area contributed by atoms with Crippen LogP contribution in [0.25, 0.3) is 0 Å². The Balaban J connectivity index is 0. The lowest BCUT2D eigenvalue weighted by atomic mass is 9.74. The molecular formula is C18H38BN5O6. The Morgan fingerprint density at radius 1 is 1.27 bits per heavy atom. The van der Waals surface area contributed by atoms with Gasteiger partial charge in [0, 0.05) is 24.8 Å². The highest BCUT2D eigenvalue weighted by molar-refractivity contribution is 6.43. The number of hydrogen-bond acceptors (Lipinski definition) is 7. The molecule has 12 heteroatoms. The minimum Gasteiger partial charge on any atom is -0.426 e. The fraction of sp³-hybridized carbons (Fsp3) is 0.833. The fourth-order valence-electron chi connectivity index (χ4n) is 2.73. The third kappa shape index (κ3) is 13.1. The van der Waals surface area contributed by atoms with Gasteiger partial charge in [0.05, 0.1) is 5.94 Å². The van der Waals surface area contributed by atoms with Gasteiger partial charge in [-0.05, 0) is 31.6 Å². The number of nitrogens with one attached hydrogen (secondary N) is 2. The Morgan fingerprint density at radius 2 is 1.87 bits per heavy atom. The molecule has 1 amide bonds. The molecule has 0 unspecified atom stereocenters. The van der Waals surface area contributed by atoms with Crippen molar-refractivity contribution in [1.29, 1.82) is 0 Å². The molecule has 0 rings (SSSR count). The van der Waals surface area contributed by atoms with Crippen LogP contribution in [0.1, 0.15) is 67.2 Å². The van der Waals surface area contributed by atoms with Gasteiger partial charge in [-0.15, -0.1) is 0 Å². The Morgan fingerprint density at radius 3 is 2.33 bits per heavy atom. The largest absolute Gasteiger partial charge is 0.475 e. The van der Waals surface area contributed by atoms with Crippen LogP contribution < -0.4 is 16.5 Å². The summed E-state index contributed by atoms with van der Waals surface area (Å²) in [5.74, 6) is -2.36. The lowest BCUT2D eigenvalue weighted by molar-refractivity contribution is -0.525. The van der Waals surface area contributed by atoms with E-state index in [0.29, 0.717) is 25.7 Å². The van der Waals surface area contributed by atoms with Crippen LogP contribution in [0.2, 0.25) is 0 Å². The summed E-state index contributed by atoms with van der Waals surface area (Å²) in [5, 5.41) is 31.2. The van der Waals surface area contributed by atoms with Gasteiger partial charge < -0.3 is 21.1 Å². The van der Waals surface area contributed by atoms with Crippen molar-refractivity contribution in [3.05, 3.63) is 10.1 Å². The summed E-state index contributed by atoms with van der Waals surface area (Å²) in [4.78, 5) is 39.1. The molecule has 3 atom stereocenters. The molecule has 0 aliphatic carbocycles. The van der Waals surface area contributed by atoms with E-state index in [4.69, 9.17) is 5.73 Å². The van der Waals surface area contributed by atoms with E-state index in [9.17, 15) is 29.8 Å². The molecule has 0 spiro atoms. The molecule has 0 aliphatic heterocycles. The maximum absolute atomic E-state index is 12.7. The van der Waals surface area contributed by atoms with Crippen molar-refractivity contribution in [2.75, 3.05) is 6.54 Å². The van der Waals surface area contributed by atoms with E-state index in [1.165, 1.54) is 0 Å². The molecule has 0 saturated carbocycles. The smallest absolute Gasteiger partial charge is 0.426 e. The van der Waals surface area contributed by atoms with Crippen LogP contribution in [0.4, 0.5) is 0 Å². The highest BCUT2D eigenvalue weighted by atomic mass is 16.7. The van der Waals surface area contributed by atoms with Crippen LogP contribution in [0.3, 0.4) is 0 Å². The SMILES string of the molecule is C.CC[C@H](C)C(=O)C[C@@H](CCCN=C(N)N[N+](=O)[O-])C(=O)N[C@@H](CC(C)C)B(O)O. The lowest BCUT2D eigenvalue weighted by Crippen LogP contribution is -2.49. The summed E-state index contributed by atoms with van der Waals surface area (Å²) in [7, 11) is -1.70. The van der Waals surface area contributed by atoms with Crippen molar-refractivity contribution in [2.24, 2.45) is 28.5 Å². The minimum atomic E-state index is -1.70. The molecule has 0 aromatic carbocycles. The van der Waals surface area contributed by atoms with Gasteiger partial charge in [-0.2, -0.15) is 0 Å². The molecule has 6 N–H and O–H groups in total. The maximum Gasteiger partial charge on any atom is 0.475 e. The summed E-state index contributed by atoms with van der Waals surface area (Å²) in [5.41, 5.74) is 7.07. The Kier molecular flexibility index (Phi) is 15.6. The van der Waals surface area contributed by atoms with Gasteiger partial charge in [0.15, 0.2) is 5.03 Å². The molecule has 174 valence electrons. The summed E-state index contributed by atoms with van der Waals surface area (Å²) in [6.45, 7) is 7.62. The summed E-state index contributed by atoms with van der Waals surface area (Å²) in [6, 6.07) is 0. The molecule has 0 aromatic rings. The molecule has 0 aliphatic rings. The zero-order chi connectivity index (χ0) is 22.6. The second kappa shape index (κ2) is 15.6. The van der Waals surface area contributed by atoms with Crippen LogP contribution in [0.15, 0.2) is 4.99 Å². The summed E-state index contributed by atoms with van der Waals surface area (Å²) < 4.78 is 0. The van der Waals surface area contributed by atoms with Gasteiger partial charge in [-0.3, -0.25) is 9.59 Å². The number of Topliss-reactive ketones (excluding diaryl/α,β-unsaturated/α-hetero) is 1. The summed E-state index contributed by atoms with van der Waals surface area (Å²) >= 11 is 0. The number of nitrogens with two attached hydrogens (primary N) is 1. The average molecular weight is 431 g/mol. The quantitative estimate of drug-likeness (QED) is 0.0664. The van der Waals surface area contributed by atoms with E-state index in [1.54, 1.807) is 12.3 Å². The number of nitro groups is 1. The lowest BCUT2D eigenvalue weighted by Gasteiger charge is -2.24. The monoisotopic (exact) mass is 431 g/mol. The number of aliphatic imine (C=N–C) groups is 1. The van der Waals surface area contributed by atoms with Crippen LogP contribution in [0, 0.1) is 27.9 Å². The standard InChI is InChI=1S/C17H34BN5O6.CH4/c1-5-12(4)14(24)10-13(7-6-8-20-17(19)22-23(28)29)16(25)21-15(18(26)27)9-11(2)3;/h11-13,15,26-27H,5-10H2,1-4H3,(H,21,25)(H3,19,20,22);1H4/t12-,13+,15-;/m0./s1. The Hall–Kier alpha value is -2.21. The normalized spacial score (nSPS) is 14.3. The first-order valence-corrected chi connectivity index (χ1v) is 9.88. The third-order valence-electron chi connectivity index (χ3n) is 4.59. The van der Waals surface area contributed by atoms with Crippen molar-refractivity contribution < 1.29 is 24.7 Å². The third-order valence-corrected chi connectivity index (χ3v) is 4.59. The number of carbonyl (C=O) groups is 2. The predicted octanol–water partition coefficient (Wildman–Crippen LogP) is 0.663. The van der Waals surface area contributed by atoms with E-state index in [2.05, 4.69) is 10.3 Å². The zero-order valence-electron chi connectivity index (χ0n) is 17.6. The van der Waals surface area contributed by atoms with Gasteiger partial charge in [-0.1, -0.05) is 40.5 Å². The van der Waals surface area contributed by atoms with Crippen molar-refractivity contribution in [2.45, 2.75) is 73.2 Å². The number of carbonyl (C=O) groups excluding carboxylic acids is 2. The molecule has 30 heavy (non-hydrogen) atoms. The first kappa shape index (κ1) is 30.0. The molecule has 0 aromatic heterocycles. The number of hydrazine groups is 1. The number of nitrogens with zero attached hydrogens (tertiary/aromatic N) is 2. The minimum absolute atomic E-state index is 0. The van der Waals surface area contributed by atoms with E-state index >= 15 is 0 Å². The van der Waals surface area contributed by atoms with E-state index in [0.717, 1.165) is 0 Å². The Labute approximate surface area is 179 Å². The Bertz CT molecular complexity index is 573. The molecule has 0 bridgehead atoms. The van der Waals surface area contributed by atoms with Gasteiger partial charge in [0.1, 0.15) is 5.78 Å². The van der Waals surface area contributed by atoms with Crippen LogP contribution >= 0.6 is 0 Å². The number of guanidine groups is 1. The second-order valence-corrected chi connectivity index (χ2v) is 7.61. The molecule has 11 nitrogen and oxygen atoms in total. The highest BCUT2D eigenvalue weighted by Crippen LogP contribution is 2.18. The van der Waals surface area contributed by atoms with Gasteiger partial charge in [0.25, 0.3) is 5.96 Å². The zero-order valence-corrected chi connectivity index (χ0v) is 17.6. The van der Waals surface area contributed by atoms with Crippen LogP contribution in [-0.4, -0.2) is 52.3 Å². The van der Waals surface area contributed by atoms with Crippen molar-refractivity contribution >= 4 is 24.8 Å². The molecule has 0 radical (unpaired) electrons. The first-order chi connectivity index (χ1) is 13.5. The van der Waals surface area contributed by atoms with Crippen molar-refractivity contribution in [3.8, 4) is 0 Å². The topological polar surface area (TPSA) is 180 Å². The number of ketones is 1. The summed E-state index contributed by atoms with van der Waals surface area (Å²) in [6.07, 6.45) is 1.75. The average Bonchev–Trinajstić information content (AvgIpc) is 2.61. The fourth-order valence-corrected chi connectivity index (χ4v) is 2.73. The van der Waals surface area contributed by atoms with Gasteiger partial charge >= 0.3 is 7.12 Å². The second-order valence-electron chi connectivity index (χ2n) is 7.61. The molecule has 0 fully saturated rings. The van der Waals surface area contributed by atoms with Crippen molar-refractivity contribution in [3.63, 3.8) is 0 Å². The molecule has 0 heterocycles. The van der Waals surface area contributed by atoms with Gasteiger partial charge in [-0.25, -0.2) is 15.1 Å². The molecule has 0 saturated heterocycles. The predicted molar refractivity (Wildman–Crippen MR) is 117 cm³/mol. The van der Waals surface area contributed by atoms with Gasteiger partial charge in [0.2, 0.25) is 5.91 Å². The first-order valence-electron chi connectivity index (χ1n) is 9.88. The number of hydrogen-bond donors (Lipinski definition) is 5. The number of rotatable bonds is 14. The highest BCUT2D eigenvalue weighted by Gasteiger charge is 2.30. The van der Waals surface area contributed by atoms with Crippen molar-refractivity contribution in [1.82, 2.24) is 10.7 Å². The van der Waals surface area contributed by atoms with E-state index < -0.39 is 29.9 Å². The van der Waals surface area contributed by atoms with Crippen LogP contribution in [0.5, 0.6) is 0 Å².